The van der Waals surface area contributed by atoms with E-state index in [2.05, 4.69) is 12.1 Å². The van der Waals surface area contributed by atoms with Crippen molar-refractivity contribution in [3.8, 4) is 0 Å². The Bertz CT molecular complexity index is 68.9. The molecule has 0 fully saturated rings. The number of rotatable bonds is 3. The highest BCUT2D eigenvalue weighted by molar-refractivity contribution is 5.56. The Labute approximate surface area is 50.5 Å². The lowest BCUT2D eigenvalue weighted by molar-refractivity contribution is 0.0869. The van der Waals surface area contributed by atoms with Crippen molar-refractivity contribution < 1.29 is 4.84 Å². The summed E-state index contributed by atoms with van der Waals surface area (Å²) in [4.78, 5) is 4.81. The van der Waals surface area contributed by atoms with Gasteiger partial charge >= 0.3 is 0 Å². The molecule has 0 aromatic carbocycles. The van der Waals surface area contributed by atoms with Gasteiger partial charge in [0.15, 0.2) is 0 Å². The SMILES string of the molecule is [CH2]CC=NOC(C)C. The minimum absolute atomic E-state index is 0.179. The Kier molecular flexibility index (Phi) is 4.32. The summed E-state index contributed by atoms with van der Waals surface area (Å²) in [5.41, 5.74) is 0. The van der Waals surface area contributed by atoms with Gasteiger partial charge in [-0.2, -0.15) is 0 Å². The lowest BCUT2D eigenvalue weighted by atomic mass is 10.5. The van der Waals surface area contributed by atoms with Gasteiger partial charge in [-0.1, -0.05) is 5.16 Å². The third kappa shape index (κ3) is 5.47. The van der Waals surface area contributed by atoms with Crippen LogP contribution >= 0.6 is 0 Å². The van der Waals surface area contributed by atoms with Crippen LogP contribution in [0.15, 0.2) is 5.16 Å². The molecular formula is C6H12NO. The standard InChI is InChI=1S/C6H12NO/c1-4-5-7-8-6(2)3/h5-6H,1,4H2,2-3H3. The number of oxime groups is 1. The predicted molar refractivity (Wildman–Crippen MR) is 34.7 cm³/mol. The molecule has 0 unspecified atom stereocenters. The summed E-state index contributed by atoms with van der Waals surface area (Å²) in [5.74, 6) is 0. The van der Waals surface area contributed by atoms with Gasteiger partial charge in [0, 0.05) is 6.21 Å². The van der Waals surface area contributed by atoms with Crippen molar-refractivity contribution in [3.05, 3.63) is 6.92 Å². The molecule has 0 bridgehead atoms. The van der Waals surface area contributed by atoms with Crippen molar-refractivity contribution in [1.82, 2.24) is 0 Å². The van der Waals surface area contributed by atoms with Gasteiger partial charge in [-0.3, -0.25) is 0 Å². The van der Waals surface area contributed by atoms with Crippen LogP contribution in [0.2, 0.25) is 0 Å². The van der Waals surface area contributed by atoms with Gasteiger partial charge in [-0.25, -0.2) is 0 Å². The highest BCUT2D eigenvalue weighted by atomic mass is 16.6. The molecule has 2 heteroatoms. The highest BCUT2D eigenvalue weighted by Gasteiger charge is 1.84. The van der Waals surface area contributed by atoms with Crippen molar-refractivity contribution >= 4 is 6.21 Å². The Morgan fingerprint density at radius 3 is 2.75 bits per heavy atom. The monoisotopic (exact) mass is 114 g/mol. The third-order valence-electron chi connectivity index (χ3n) is 0.475. The van der Waals surface area contributed by atoms with Crippen molar-refractivity contribution in [2.45, 2.75) is 26.4 Å². The van der Waals surface area contributed by atoms with E-state index < -0.39 is 0 Å². The largest absolute Gasteiger partial charge is 0.393 e. The maximum atomic E-state index is 4.81. The van der Waals surface area contributed by atoms with Crippen molar-refractivity contribution in [2.24, 2.45) is 5.16 Å². The normalized spacial score (nSPS) is 11.0. The minimum atomic E-state index is 0.179. The molecule has 0 aliphatic rings. The minimum Gasteiger partial charge on any atom is -0.393 e. The maximum Gasteiger partial charge on any atom is 0.121 e. The van der Waals surface area contributed by atoms with Gasteiger partial charge in [-0.15, -0.1) is 0 Å². The first-order valence-electron chi connectivity index (χ1n) is 2.74. The van der Waals surface area contributed by atoms with Crippen molar-refractivity contribution in [2.75, 3.05) is 0 Å². The average molecular weight is 114 g/mol. The van der Waals surface area contributed by atoms with Crippen LogP contribution in [0, 0.1) is 6.92 Å². The van der Waals surface area contributed by atoms with E-state index in [1.54, 1.807) is 6.21 Å². The molecule has 0 saturated heterocycles. The molecule has 1 radical (unpaired) electrons. The van der Waals surface area contributed by atoms with Crippen LogP contribution in [0.25, 0.3) is 0 Å². The summed E-state index contributed by atoms with van der Waals surface area (Å²) in [5, 5.41) is 3.60. The summed E-state index contributed by atoms with van der Waals surface area (Å²) >= 11 is 0. The molecule has 0 aromatic rings. The van der Waals surface area contributed by atoms with Crippen LogP contribution < -0.4 is 0 Å². The van der Waals surface area contributed by atoms with E-state index in [9.17, 15) is 0 Å². The summed E-state index contributed by atoms with van der Waals surface area (Å²) in [7, 11) is 0. The second-order valence-electron chi connectivity index (χ2n) is 1.73. The first-order chi connectivity index (χ1) is 3.77. The summed E-state index contributed by atoms with van der Waals surface area (Å²) in [6.07, 6.45) is 2.50. The van der Waals surface area contributed by atoms with Crippen LogP contribution in [0.1, 0.15) is 20.3 Å². The van der Waals surface area contributed by atoms with Gasteiger partial charge in [0.25, 0.3) is 0 Å². The van der Waals surface area contributed by atoms with Gasteiger partial charge in [0.05, 0.1) is 0 Å². The number of nitrogens with zero attached hydrogens (tertiary/aromatic N) is 1. The zero-order chi connectivity index (χ0) is 6.41. The first kappa shape index (κ1) is 7.47. The van der Waals surface area contributed by atoms with Crippen LogP contribution in [-0.2, 0) is 4.84 Å². The molecular weight excluding hydrogens is 102 g/mol. The predicted octanol–water partition coefficient (Wildman–Crippen LogP) is 1.62. The lowest BCUT2D eigenvalue weighted by Crippen LogP contribution is -1.95. The fourth-order valence-electron chi connectivity index (χ4n) is 0.217. The third-order valence-corrected chi connectivity index (χ3v) is 0.475. The fraction of sp³-hybridized carbons (Fsp3) is 0.667. The zero-order valence-corrected chi connectivity index (χ0v) is 5.42. The molecule has 47 valence electrons. The molecule has 0 saturated carbocycles. The zero-order valence-electron chi connectivity index (χ0n) is 5.42. The Balaban J connectivity index is 3.03. The van der Waals surface area contributed by atoms with Crippen LogP contribution in [0.4, 0.5) is 0 Å². The highest BCUT2D eigenvalue weighted by Crippen LogP contribution is 1.85. The van der Waals surface area contributed by atoms with E-state index in [0.717, 1.165) is 0 Å². The van der Waals surface area contributed by atoms with Crippen LogP contribution in [0.5, 0.6) is 0 Å². The van der Waals surface area contributed by atoms with E-state index in [0.29, 0.717) is 6.42 Å². The van der Waals surface area contributed by atoms with Crippen molar-refractivity contribution in [1.29, 1.82) is 0 Å². The number of hydrogen-bond donors (Lipinski definition) is 0. The smallest absolute Gasteiger partial charge is 0.121 e. The quantitative estimate of drug-likeness (QED) is 0.403. The van der Waals surface area contributed by atoms with Crippen LogP contribution in [0.3, 0.4) is 0 Å². The molecule has 2 nitrogen and oxygen atoms in total. The molecule has 0 spiro atoms. The molecule has 0 atom stereocenters. The molecule has 0 aliphatic heterocycles. The molecule has 0 heterocycles. The first-order valence-corrected chi connectivity index (χ1v) is 2.74. The van der Waals surface area contributed by atoms with E-state index in [-0.39, 0.29) is 6.10 Å². The lowest BCUT2D eigenvalue weighted by Gasteiger charge is -1.98. The van der Waals surface area contributed by atoms with Crippen molar-refractivity contribution in [3.63, 3.8) is 0 Å². The molecule has 0 N–H and O–H groups in total. The molecule has 8 heavy (non-hydrogen) atoms. The molecule has 0 amide bonds. The molecule has 0 aromatic heterocycles. The Morgan fingerprint density at radius 2 is 2.38 bits per heavy atom. The summed E-state index contributed by atoms with van der Waals surface area (Å²) < 4.78 is 0. The number of hydrogen-bond acceptors (Lipinski definition) is 2. The van der Waals surface area contributed by atoms with E-state index in [1.165, 1.54) is 0 Å². The fourth-order valence-corrected chi connectivity index (χ4v) is 0.217. The summed E-state index contributed by atoms with van der Waals surface area (Å²) in [6.45, 7) is 7.42. The van der Waals surface area contributed by atoms with E-state index in [4.69, 9.17) is 4.84 Å². The van der Waals surface area contributed by atoms with E-state index >= 15 is 0 Å². The average Bonchev–Trinajstić information content (AvgIpc) is 1.66. The van der Waals surface area contributed by atoms with Gasteiger partial charge in [-0.05, 0) is 27.2 Å². The second-order valence-corrected chi connectivity index (χ2v) is 1.73. The molecule has 0 aliphatic carbocycles. The van der Waals surface area contributed by atoms with Gasteiger partial charge < -0.3 is 4.84 Å². The second kappa shape index (κ2) is 4.62. The Hall–Kier alpha value is -0.530. The van der Waals surface area contributed by atoms with Gasteiger partial charge in [0.1, 0.15) is 6.10 Å². The molecule has 0 rings (SSSR count). The van der Waals surface area contributed by atoms with Crippen LogP contribution in [-0.4, -0.2) is 12.3 Å². The topological polar surface area (TPSA) is 21.6 Å². The Morgan fingerprint density at radius 1 is 1.75 bits per heavy atom. The van der Waals surface area contributed by atoms with E-state index in [1.807, 2.05) is 13.8 Å². The maximum absolute atomic E-state index is 4.81. The van der Waals surface area contributed by atoms with Gasteiger partial charge in [0.2, 0.25) is 0 Å². The summed E-state index contributed by atoms with van der Waals surface area (Å²) in [6, 6.07) is 0.